The molecule has 0 spiro atoms. The van der Waals surface area contributed by atoms with Gasteiger partial charge >= 0.3 is 20.2 Å². The molecule has 0 unspecified atom stereocenters. The third-order valence-corrected chi connectivity index (χ3v) is 9.76. The molecule has 0 N–H and O–H groups in total. The van der Waals surface area contributed by atoms with E-state index in [0.717, 1.165) is 24.6 Å². The summed E-state index contributed by atoms with van der Waals surface area (Å²) in [5.41, 5.74) is 0. The van der Waals surface area contributed by atoms with Gasteiger partial charge in [0.25, 0.3) is 0 Å². The molecule has 4 aromatic carbocycles. The van der Waals surface area contributed by atoms with Gasteiger partial charge in [0.1, 0.15) is 23.0 Å². The van der Waals surface area contributed by atoms with Crippen molar-refractivity contribution < 1.29 is 46.8 Å². The van der Waals surface area contributed by atoms with Gasteiger partial charge in [-0.3, -0.25) is 0 Å². The monoisotopic (exact) mass is 638 g/mol. The first kappa shape index (κ1) is 30.0. The minimum atomic E-state index is -4.01. The molecule has 41 heavy (non-hydrogen) atoms. The first-order chi connectivity index (χ1) is 19.0. The molecule has 0 heterocycles. The Hall–Kier alpha value is -3.92. The van der Waals surface area contributed by atoms with E-state index in [4.69, 9.17) is 13.1 Å². The molecule has 0 saturated carbocycles. The molecule has 0 radical (unpaired) electrons. The molecule has 0 amide bonds. The smallest absolute Gasteiger partial charge is 0.306 e. The lowest BCUT2D eigenvalue weighted by Crippen LogP contribution is -2.07. The highest BCUT2D eigenvalue weighted by atomic mass is 32.2. The van der Waals surface area contributed by atoms with Crippen LogP contribution >= 0.6 is 0 Å². The Labute approximate surface area is 238 Å². The molecule has 216 valence electrons. The summed E-state index contributed by atoms with van der Waals surface area (Å²) in [4.78, 5) is -0.496. The van der Waals surface area contributed by atoms with Gasteiger partial charge < -0.3 is 13.1 Å². The van der Waals surface area contributed by atoms with Gasteiger partial charge in [-0.2, -0.15) is 16.8 Å². The summed E-state index contributed by atoms with van der Waals surface area (Å²) in [6, 6.07) is 21.0. The standard InChI is InChI=1S/C26H22O11S4/c1-38(27,28)36-21-5-3-7-25(17-21)40(31,32)23-13-9-19(10-14-23)35-20-11-15-24(16-12-20)41(33,34)26-8-4-6-22(18-26)37-39(2,29)30/h3-18H,1-2H3. The van der Waals surface area contributed by atoms with Crippen molar-refractivity contribution in [1.29, 1.82) is 0 Å². The van der Waals surface area contributed by atoms with Crippen LogP contribution in [-0.4, -0.2) is 46.2 Å². The quantitative estimate of drug-likeness (QED) is 0.232. The van der Waals surface area contributed by atoms with Crippen LogP contribution in [0.15, 0.2) is 117 Å². The Kier molecular flexibility index (Phi) is 8.18. The van der Waals surface area contributed by atoms with Gasteiger partial charge in [0.2, 0.25) is 19.7 Å². The third-order valence-electron chi connectivity index (χ3n) is 5.23. The van der Waals surface area contributed by atoms with Crippen molar-refractivity contribution in [1.82, 2.24) is 0 Å². The Bertz CT molecular complexity index is 1870. The number of rotatable bonds is 10. The topological polar surface area (TPSA) is 164 Å². The normalized spacial score (nSPS) is 12.4. The van der Waals surface area contributed by atoms with Crippen LogP contribution in [0.5, 0.6) is 23.0 Å². The van der Waals surface area contributed by atoms with Crippen molar-refractivity contribution in [3.8, 4) is 23.0 Å². The minimum absolute atomic E-state index is 0.0788. The summed E-state index contributed by atoms with van der Waals surface area (Å²) in [7, 11) is -15.7. The summed E-state index contributed by atoms with van der Waals surface area (Å²) >= 11 is 0. The maximum Gasteiger partial charge on any atom is 0.306 e. The Morgan fingerprint density at radius 2 is 0.756 bits per heavy atom. The molecule has 0 atom stereocenters. The van der Waals surface area contributed by atoms with Crippen molar-refractivity contribution >= 4 is 39.9 Å². The molecule has 4 aromatic rings. The van der Waals surface area contributed by atoms with Crippen LogP contribution in [0.1, 0.15) is 0 Å². The molecule has 0 fully saturated rings. The average molecular weight is 639 g/mol. The van der Waals surface area contributed by atoms with Crippen LogP contribution in [0, 0.1) is 0 Å². The van der Waals surface area contributed by atoms with Crippen molar-refractivity contribution in [2.45, 2.75) is 19.6 Å². The lowest BCUT2D eigenvalue weighted by molar-refractivity contribution is 0.481. The molecule has 0 saturated heterocycles. The van der Waals surface area contributed by atoms with Crippen LogP contribution < -0.4 is 13.1 Å². The molecule has 0 aliphatic carbocycles. The SMILES string of the molecule is CS(=O)(=O)Oc1cccc(S(=O)(=O)c2ccc(Oc3ccc(S(=O)(=O)c4cccc(OS(C)(=O)=O)c4)cc3)cc2)c1. The average Bonchev–Trinajstić information content (AvgIpc) is 2.88. The highest BCUT2D eigenvalue weighted by molar-refractivity contribution is 7.91. The molecular weight excluding hydrogens is 617 g/mol. The zero-order chi connectivity index (χ0) is 30.1. The maximum atomic E-state index is 13.0. The molecule has 0 bridgehead atoms. The second-order valence-electron chi connectivity index (χ2n) is 8.58. The summed E-state index contributed by atoms with van der Waals surface area (Å²) in [6.07, 6.45) is 1.69. The number of benzene rings is 4. The van der Waals surface area contributed by atoms with Gasteiger partial charge in [0.05, 0.1) is 32.1 Å². The largest absolute Gasteiger partial charge is 0.457 e. The number of hydrogen-bond acceptors (Lipinski definition) is 11. The minimum Gasteiger partial charge on any atom is -0.457 e. The molecule has 0 aliphatic rings. The summed E-state index contributed by atoms with van der Waals surface area (Å²) in [5, 5.41) is 0. The lowest BCUT2D eigenvalue weighted by Gasteiger charge is -2.10. The fraction of sp³-hybridized carbons (Fsp3) is 0.0769. The predicted octanol–water partition coefficient (Wildman–Crippen LogP) is 3.82. The molecule has 0 aromatic heterocycles. The van der Waals surface area contributed by atoms with Gasteiger partial charge in [-0.25, -0.2) is 16.8 Å². The van der Waals surface area contributed by atoms with Gasteiger partial charge in [-0.1, -0.05) is 12.1 Å². The number of sulfone groups is 2. The fourth-order valence-electron chi connectivity index (χ4n) is 3.52. The first-order valence-corrected chi connectivity index (χ1v) is 18.0. The molecular formula is C26H22O11S4. The van der Waals surface area contributed by atoms with E-state index >= 15 is 0 Å². The Balaban J connectivity index is 1.50. The van der Waals surface area contributed by atoms with E-state index in [0.29, 0.717) is 0 Å². The Morgan fingerprint density at radius 3 is 1.07 bits per heavy atom. The van der Waals surface area contributed by atoms with Crippen molar-refractivity contribution in [2.75, 3.05) is 12.5 Å². The highest BCUT2D eigenvalue weighted by Crippen LogP contribution is 2.30. The Morgan fingerprint density at radius 1 is 0.415 bits per heavy atom. The van der Waals surface area contributed by atoms with Crippen LogP contribution in [0.4, 0.5) is 0 Å². The second-order valence-corrected chi connectivity index (χ2v) is 15.6. The van der Waals surface area contributed by atoms with Crippen LogP contribution in [0.3, 0.4) is 0 Å². The van der Waals surface area contributed by atoms with E-state index in [-0.39, 0.29) is 42.6 Å². The molecule has 0 aliphatic heterocycles. The zero-order valence-electron chi connectivity index (χ0n) is 21.4. The van der Waals surface area contributed by atoms with E-state index in [1.54, 1.807) is 0 Å². The number of hydrogen-bond donors (Lipinski definition) is 0. The van der Waals surface area contributed by atoms with Gasteiger partial charge in [-0.15, -0.1) is 0 Å². The van der Waals surface area contributed by atoms with Crippen molar-refractivity contribution in [3.05, 3.63) is 97.1 Å². The van der Waals surface area contributed by atoms with Gasteiger partial charge in [0, 0.05) is 12.1 Å². The fourth-order valence-corrected chi connectivity index (χ4v) is 7.02. The van der Waals surface area contributed by atoms with E-state index in [1.165, 1.54) is 84.9 Å². The van der Waals surface area contributed by atoms with E-state index in [9.17, 15) is 33.7 Å². The number of ether oxygens (including phenoxy) is 1. The van der Waals surface area contributed by atoms with Gasteiger partial charge in [-0.05, 0) is 72.8 Å². The molecule has 11 nitrogen and oxygen atoms in total. The molecule has 15 heteroatoms. The van der Waals surface area contributed by atoms with E-state index < -0.39 is 39.9 Å². The van der Waals surface area contributed by atoms with Crippen molar-refractivity contribution in [3.63, 3.8) is 0 Å². The first-order valence-electron chi connectivity index (χ1n) is 11.4. The summed E-state index contributed by atoms with van der Waals surface area (Å²) in [6.45, 7) is 0. The van der Waals surface area contributed by atoms with Crippen LogP contribution in [0.25, 0.3) is 0 Å². The zero-order valence-corrected chi connectivity index (χ0v) is 24.6. The van der Waals surface area contributed by atoms with Crippen LogP contribution in [-0.2, 0) is 39.9 Å². The second kappa shape index (κ2) is 11.2. The third kappa shape index (κ3) is 7.64. The van der Waals surface area contributed by atoms with E-state index in [1.807, 2.05) is 0 Å². The van der Waals surface area contributed by atoms with Crippen LogP contribution in [0.2, 0.25) is 0 Å². The summed E-state index contributed by atoms with van der Waals surface area (Å²) in [5.74, 6) is 0.238. The predicted molar refractivity (Wildman–Crippen MR) is 148 cm³/mol. The highest BCUT2D eigenvalue weighted by Gasteiger charge is 2.21. The summed E-state index contributed by atoms with van der Waals surface area (Å²) < 4.78 is 113. The lowest BCUT2D eigenvalue weighted by atomic mass is 10.3. The van der Waals surface area contributed by atoms with E-state index in [2.05, 4.69) is 0 Å². The van der Waals surface area contributed by atoms with Gasteiger partial charge in [0.15, 0.2) is 0 Å². The van der Waals surface area contributed by atoms with Crippen molar-refractivity contribution in [2.24, 2.45) is 0 Å². The maximum absolute atomic E-state index is 13.0. The molecule has 4 rings (SSSR count).